The molecule has 22 heavy (non-hydrogen) atoms. The smallest absolute Gasteiger partial charge is 0.268 e. The van der Waals surface area contributed by atoms with E-state index in [1.54, 1.807) is 16.8 Å². The zero-order valence-corrected chi connectivity index (χ0v) is 13.0. The molecule has 1 N–H and O–H groups in total. The molecule has 0 fully saturated rings. The van der Waals surface area contributed by atoms with E-state index in [1.165, 1.54) is 18.2 Å². The third-order valence-corrected chi connectivity index (χ3v) is 3.61. The Morgan fingerprint density at radius 1 is 1.50 bits per heavy atom. The minimum Gasteiger partial charge on any atom is -0.347 e. The molecular formula is C16H15ClFN3O. The van der Waals surface area contributed by atoms with Crippen LogP contribution in [0.5, 0.6) is 0 Å². The summed E-state index contributed by atoms with van der Waals surface area (Å²) in [5.41, 5.74) is 1.00. The normalized spacial score (nSPS) is 10.5. The standard InChI is InChI=1S/C16H15ClFN3O/c1-10(2)21-9-11(7-19)6-15(21)16(22)20-8-12-13(17)4-3-5-14(12)18/h3-6,9-10H,8H2,1-2H3,(H,20,22). The summed E-state index contributed by atoms with van der Waals surface area (Å²) in [6.45, 7) is 3.80. The van der Waals surface area contributed by atoms with Crippen molar-refractivity contribution in [2.45, 2.75) is 26.4 Å². The molecule has 1 heterocycles. The van der Waals surface area contributed by atoms with Crippen LogP contribution in [-0.4, -0.2) is 10.5 Å². The maximum absolute atomic E-state index is 13.7. The molecule has 0 aliphatic heterocycles. The maximum Gasteiger partial charge on any atom is 0.268 e. The first-order chi connectivity index (χ1) is 10.4. The highest BCUT2D eigenvalue weighted by Gasteiger charge is 2.16. The van der Waals surface area contributed by atoms with E-state index in [0.29, 0.717) is 11.3 Å². The fourth-order valence-electron chi connectivity index (χ4n) is 2.11. The summed E-state index contributed by atoms with van der Waals surface area (Å²) in [5, 5.41) is 11.9. The Bertz CT molecular complexity index is 726. The summed E-state index contributed by atoms with van der Waals surface area (Å²) in [4.78, 5) is 12.3. The lowest BCUT2D eigenvalue weighted by Crippen LogP contribution is -2.26. The largest absolute Gasteiger partial charge is 0.347 e. The number of hydrogen-bond donors (Lipinski definition) is 1. The van der Waals surface area contributed by atoms with Crippen molar-refractivity contribution in [3.05, 3.63) is 58.1 Å². The third-order valence-electron chi connectivity index (χ3n) is 3.25. The van der Waals surface area contributed by atoms with E-state index in [2.05, 4.69) is 5.32 Å². The fraction of sp³-hybridized carbons (Fsp3) is 0.250. The second-order valence-electron chi connectivity index (χ2n) is 5.11. The van der Waals surface area contributed by atoms with Crippen molar-refractivity contribution < 1.29 is 9.18 Å². The van der Waals surface area contributed by atoms with Crippen molar-refractivity contribution >= 4 is 17.5 Å². The number of halogens is 2. The van der Waals surface area contributed by atoms with Gasteiger partial charge in [0.1, 0.15) is 17.6 Å². The topological polar surface area (TPSA) is 57.8 Å². The quantitative estimate of drug-likeness (QED) is 0.935. The van der Waals surface area contributed by atoms with Gasteiger partial charge in [0.2, 0.25) is 0 Å². The van der Waals surface area contributed by atoms with Crippen LogP contribution in [-0.2, 0) is 6.54 Å². The summed E-state index contributed by atoms with van der Waals surface area (Å²) >= 11 is 5.93. The molecule has 6 heteroatoms. The van der Waals surface area contributed by atoms with Gasteiger partial charge in [0.05, 0.1) is 5.56 Å². The molecule has 0 spiro atoms. The van der Waals surface area contributed by atoms with Crippen molar-refractivity contribution in [3.63, 3.8) is 0 Å². The van der Waals surface area contributed by atoms with Crippen LogP contribution in [0.4, 0.5) is 4.39 Å². The van der Waals surface area contributed by atoms with E-state index in [1.807, 2.05) is 19.9 Å². The van der Waals surface area contributed by atoms with Crippen molar-refractivity contribution in [1.29, 1.82) is 5.26 Å². The van der Waals surface area contributed by atoms with Crippen LogP contribution in [0.3, 0.4) is 0 Å². The van der Waals surface area contributed by atoms with Gasteiger partial charge >= 0.3 is 0 Å². The monoisotopic (exact) mass is 319 g/mol. The molecule has 4 nitrogen and oxygen atoms in total. The predicted octanol–water partition coefficient (Wildman–Crippen LogP) is 3.66. The van der Waals surface area contributed by atoms with Crippen LogP contribution in [0, 0.1) is 17.1 Å². The van der Waals surface area contributed by atoms with E-state index in [0.717, 1.165) is 0 Å². The van der Waals surface area contributed by atoms with Crippen molar-refractivity contribution in [1.82, 2.24) is 9.88 Å². The van der Waals surface area contributed by atoms with Crippen LogP contribution < -0.4 is 5.32 Å². The second-order valence-corrected chi connectivity index (χ2v) is 5.52. The van der Waals surface area contributed by atoms with Gasteiger partial charge in [-0.1, -0.05) is 17.7 Å². The molecular weight excluding hydrogens is 305 g/mol. The minimum absolute atomic E-state index is 0.0184. The Labute approximate surface area is 133 Å². The number of nitrogens with one attached hydrogen (secondary N) is 1. The van der Waals surface area contributed by atoms with E-state index in [-0.39, 0.29) is 29.1 Å². The minimum atomic E-state index is -0.468. The summed E-state index contributed by atoms with van der Waals surface area (Å²) in [5.74, 6) is -0.848. The fourth-order valence-corrected chi connectivity index (χ4v) is 2.34. The van der Waals surface area contributed by atoms with Gasteiger partial charge in [-0.25, -0.2) is 4.39 Å². The van der Waals surface area contributed by atoms with Crippen LogP contribution in [0.25, 0.3) is 0 Å². The number of benzene rings is 1. The summed E-state index contributed by atoms with van der Waals surface area (Å²) < 4.78 is 15.4. The molecule has 0 saturated carbocycles. The Hall–Kier alpha value is -2.32. The predicted molar refractivity (Wildman–Crippen MR) is 82.1 cm³/mol. The molecule has 0 atom stereocenters. The molecule has 2 rings (SSSR count). The number of carbonyl (C=O) groups is 1. The molecule has 1 aromatic carbocycles. The van der Waals surface area contributed by atoms with Crippen LogP contribution in [0.15, 0.2) is 30.5 Å². The number of aromatic nitrogens is 1. The lowest BCUT2D eigenvalue weighted by molar-refractivity contribution is 0.0940. The van der Waals surface area contributed by atoms with Crippen LogP contribution >= 0.6 is 11.6 Å². The summed E-state index contributed by atoms with van der Waals surface area (Å²) in [6.07, 6.45) is 1.62. The average Bonchev–Trinajstić information content (AvgIpc) is 2.91. The van der Waals surface area contributed by atoms with Gasteiger partial charge in [-0.05, 0) is 32.0 Å². The Morgan fingerprint density at radius 3 is 2.82 bits per heavy atom. The maximum atomic E-state index is 13.7. The molecule has 1 aromatic heterocycles. The first-order valence-electron chi connectivity index (χ1n) is 6.77. The summed E-state index contributed by atoms with van der Waals surface area (Å²) in [7, 11) is 0. The van der Waals surface area contributed by atoms with Gasteiger partial charge < -0.3 is 9.88 Å². The number of rotatable bonds is 4. The SMILES string of the molecule is CC(C)n1cc(C#N)cc1C(=O)NCc1c(F)cccc1Cl. The Balaban J connectivity index is 2.20. The van der Waals surface area contributed by atoms with E-state index < -0.39 is 5.82 Å². The van der Waals surface area contributed by atoms with E-state index in [9.17, 15) is 9.18 Å². The molecule has 114 valence electrons. The molecule has 0 unspecified atom stereocenters. The third kappa shape index (κ3) is 3.29. The van der Waals surface area contributed by atoms with Gasteiger partial charge in [0.25, 0.3) is 5.91 Å². The van der Waals surface area contributed by atoms with Gasteiger partial charge in [0, 0.05) is 29.4 Å². The number of nitriles is 1. The van der Waals surface area contributed by atoms with Crippen LogP contribution in [0.2, 0.25) is 5.02 Å². The number of carbonyl (C=O) groups excluding carboxylic acids is 1. The summed E-state index contributed by atoms with van der Waals surface area (Å²) in [6, 6.07) is 7.91. The molecule has 0 radical (unpaired) electrons. The first kappa shape index (κ1) is 16.1. The second kappa shape index (κ2) is 6.63. The molecule has 1 amide bonds. The lowest BCUT2D eigenvalue weighted by atomic mass is 10.2. The van der Waals surface area contributed by atoms with E-state index >= 15 is 0 Å². The Kier molecular flexibility index (Phi) is 4.84. The molecule has 0 aliphatic rings. The van der Waals surface area contributed by atoms with Crippen molar-refractivity contribution in [2.24, 2.45) is 0 Å². The van der Waals surface area contributed by atoms with E-state index in [4.69, 9.17) is 16.9 Å². The van der Waals surface area contributed by atoms with Gasteiger partial charge in [0.15, 0.2) is 0 Å². The van der Waals surface area contributed by atoms with Crippen molar-refractivity contribution in [3.8, 4) is 6.07 Å². The van der Waals surface area contributed by atoms with Gasteiger partial charge in [-0.3, -0.25) is 4.79 Å². The number of amides is 1. The van der Waals surface area contributed by atoms with Gasteiger partial charge in [-0.15, -0.1) is 0 Å². The molecule has 0 aliphatic carbocycles. The highest BCUT2D eigenvalue weighted by Crippen LogP contribution is 2.19. The highest BCUT2D eigenvalue weighted by atomic mass is 35.5. The van der Waals surface area contributed by atoms with Crippen molar-refractivity contribution in [2.75, 3.05) is 0 Å². The van der Waals surface area contributed by atoms with Crippen LogP contribution in [0.1, 0.15) is 41.5 Å². The van der Waals surface area contributed by atoms with Gasteiger partial charge in [-0.2, -0.15) is 5.26 Å². The lowest BCUT2D eigenvalue weighted by Gasteiger charge is -2.13. The average molecular weight is 320 g/mol. The Morgan fingerprint density at radius 2 is 2.23 bits per heavy atom. The first-order valence-corrected chi connectivity index (χ1v) is 7.15. The zero-order chi connectivity index (χ0) is 16.3. The molecule has 0 bridgehead atoms. The zero-order valence-electron chi connectivity index (χ0n) is 12.2. The number of nitrogens with zero attached hydrogens (tertiary/aromatic N) is 2. The molecule has 0 saturated heterocycles. The molecule has 2 aromatic rings. The highest BCUT2D eigenvalue weighted by molar-refractivity contribution is 6.31. The number of hydrogen-bond acceptors (Lipinski definition) is 2.